The Morgan fingerprint density at radius 3 is 2.74 bits per heavy atom. The fraction of sp³-hybridized carbons (Fsp3) is 0.583. The number of nitrogens with one attached hydrogen (secondary N) is 1. The van der Waals surface area contributed by atoms with Crippen molar-refractivity contribution in [3.8, 4) is 5.75 Å². The van der Waals surface area contributed by atoms with Crippen molar-refractivity contribution in [1.82, 2.24) is 20.0 Å². The Bertz CT molecular complexity index is 929. The number of carbonyl (C=O) groups is 1. The molecule has 0 bridgehead atoms. The number of H-pyrrole nitrogens is 1. The maximum atomic E-state index is 12.6. The summed E-state index contributed by atoms with van der Waals surface area (Å²) in [6.45, 7) is 3.98. The summed E-state index contributed by atoms with van der Waals surface area (Å²) in [6.07, 6.45) is 7.07. The van der Waals surface area contributed by atoms with Gasteiger partial charge in [-0.05, 0) is 81.3 Å². The highest BCUT2D eigenvalue weighted by molar-refractivity contribution is 6.31. The van der Waals surface area contributed by atoms with Crippen molar-refractivity contribution in [3.63, 3.8) is 0 Å². The van der Waals surface area contributed by atoms with Crippen LogP contribution in [0.25, 0.3) is 0 Å². The molecular weight excluding hydrogens is 412 g/mol. The van der Waals surface area contributed by atoms with Crippen molar-refractivity contribution in [1.29, 1.82) is 0 Å². The van der Waals surface area contributed by atoms with E-state index in [0.29, 0.717) is 17.5 Å². The van der Waals surface area contributed by atoms with Crippen LogP contribution in [0.5, 0.6) is 5.75 Å². The first-order valence-corrected chi connectivity index (χ1v) is 11.9. The first-order chi connectivity index (χ1) is 15.0. The molecule has 7 heteroatoms. The summed E-state index contributed by atoms with van der Waals surface area (Å²) >= 11 is 6.51. The molecule has 5 rings (SSSR count). The number of carbonyl (C=O) groups excluding carboxylic acids is 1. The van der Waals surface area contributed by atoms with Gasteiger partial charge >= 0.3 is 0 Å². The molecule has 0 unspecified atom stereocenters. The molecule has 31 heavy (non-hydrogen) atoms. The van der Waals surface area contributed by atoms with Gasteiger partial charge in [0.15, 0.2) is 0 Å². The van der Waals surface area contributed by atoms with Crippen LogP contribution in [-0.4, -0.2) is 58.7 Å². The predicted octanol–water partition coefficient (Wildman–Crippen LogP) is 4.47. The third kappa shape index (κ3) is 4.90. The van der Waals surface area contributed by atoms with Gasteiger partial charge in [-0.1, -0.05) is 17.7 Å². The number of hydrogen-bond acceptors (Lipinski definition) is 4. The van der Waals surface area contributed by atoms with Gasteiger partial charge < -0.3 is 9.64 Å². The molecule has 2 heterocycles. The molecule has 6 nitrogen and oxygen atoms in total. The first kappa shape index (κ1) is 20.8. The van der Waals surface area contributed by atoms with E-state index in [0.717, 1.165) is 55.5 Å². The van der Waals surface area contributed by atoms with Gasteiger partial charge in [-0.15, -0.1) is 0 Å². The zero-order valence-electron chi connectivity index (χ0n) is 18.1. The molecule has 1 aliphatic heterocycles. The van der Waals surface area contributed by atoms with Gasteiger partial charge in [0, 0.05) is 36.8 Å². The molecule has 1 N–H and O–H groups in total. The third-order valence-electron chi connectivity index (χ3n) is 6.83. The van der Waals surface area contributed by atoms with Gasteiger partial charge in [-0.3, -0.25) is 14.8 Å². The topological polar surface area (TPSA) is 61.5 Å². The van der Waals surface area contributed by atoms with Crippen molar-refractivity contribution < 1.29 is 9.53 Å². The Morgan fingerprint density at radius 2 is 2.03 bits per heavy atom. The van der Waals surface area contributed by atoms with E-state index in [1.54, 1.807) is 4.90 Å². The van der Waals surface area contributed by atoms with Crippen LogP contribution in [-0.2, 0) is 6.54 Å². The van der Waals surface area contributed by atoms with Crippen molar-refractivity contribution in [2.45, 2.75) is 57.1 Å². The lowest BCUT2D eigenvalue weighted by Gasteiger charge is -2.37. The zero-order chi connectivity index (χ0) is 21.4. The minimum atomic E-state index is -0.00658. The lowest BCUT2D eigenvalue weighted by Crippen LogP contribution is -2.42. The van der Waals surface area contributed by atoms with Crippen LogP contribution in [0, 0.1) is 5.92 Å². The van der Waals surface area contributed by atoms with Gasteiger partial charge in [0.1, 0.15) is 11.4 Å². The summed E-state index contributed by atoms with van der Waals surface area (Å²) in [5, 5.41) is 8.02. The van der Waals surface area contributed by atoms with Crippen LogP contribution >= 0.6 is 11.6 Å². The summed E-state index contributed by atoms with van der Waals surface area (Å²) in [5.74, 6) is 1.87. The highest BCUT2D eigenvalue weighted by atomic mass is 35.5. The van der Waals surface area contributed by atoms with E-state index in [1.165, 1.54) is 31.2 Å². The number of halogens is 1. The standard InChI is InChI=1S/C24H31ClN4O2/c1-28(24(30)23-13-22(26-27-23)17-4-5-17)14-16-10-20(11-16)31-19-7-6-18(21(25)12-19)15-29-8-2-3-9-29/h6-7,12-13,16-17,20H,2-5,8-11,14-15H2,1H3,(H,26,27). The van der Waals surface area contributed by atoms with E-state index in [2.05, 4.69) is 21.2 Å². The Morgan fingerprint density at radius 1 is 1.26 bits per heavy atom. The van der Waals surface area contributed by atoms with Crippen LogP contribution in [0.15, 0.2) is 24.3 Å². The highest BCUT2D eigenvalue weighted by Crippen LogP contribution is 2.39. The number of nitrogens with zero attached hydrogens (tertiary/aromatic N) is 3. The summed E-state index contributed by atoms with van der Waals surface area (Å²) in [7, 11) is 1.86. The van der Waals surface area contributed by atoms with Crippen LogP contribution < -0.4 is 4.74 Å². The molecule has 3 aliphatic rings. The maximum absolute atomic E-state index is 12.6. The summed E-state index contributed by atoms with van der Waals surface area (Å²) in [4.78, 5) is 16.9. The number of hydrogen-bond donors (Lipinski definition) is 1. The largest absolute Gasteiger partial charge is 0.490 e. The molecule has 0 radical (unpaired) electrons. The Balaban J connectivity index is 1.07. The molecule has 1 amide bonds. The second-order valence-corrected chi connectivity index (χ2v) is 9.89. The second kappa shape index (κ2) is 8.83. The Kier molecular flexibility index (Phi) is 5.93. The van der Waals surface area contributed by atoms with E-state index >= 15 is 0 Å². The van der Waals surface area contributed by atoms with Crippen molar-refractivity contribution >= 4 is 17.5 Å². The monoisotopic (exact) mass is 442 g/mol. The molecule has 1 aromatic heterocycles. The average molecular weight is 443 g/mol. The SMILES string of the molecule is CN(CC1CC(Oc2ccc(CN3CCCC3)c(Cl)c2)C1)C(=O)c1cc(C2CC2)[nH]n1. The van der Waals surface area contributed by atoms with Crippen LogP contribution in [0.3, 0.4) is 0 Å². The Labute approximate surface area is 188 Å². The molecule has 1 aromatic carbocycles. The van der Waals surface area contributed by atoms with E-state index in [4.69, 9.17) is 16.3 Å². The lowest BCUT2D eigenvalue weighted by molar-refractivity contribution is 0.0417. The van der Waals surface area contributed by atoms with Crippen molar-refractivity contribution in [2.24, 2.45) is 5.92 Å². The number of aromatic amines is 1. The van der Waals surface area contributed by atoms with Gasteiger partial charge in [0.25, 0.3) is 5.91 Å². The van der Waals surface area contributed by atoms with E-state index in [9.17, 15) is 4.79 Å². The van der Waals surface area contributed by atoms with Crippen molar-refractivity contribution in [3.05, 3.63) is 46.2 Å². The van der Waals surface area contributed by atoms with Crippen LogP contribution in [0.4, 0.5) is 0 Å². The minimum Gasteiger partial charge on any atom is -0.490 e. The first-order valence-electron chi connectivity index (χ1n) is 11.5. The minimum absolute atomic E-state index is 0.00658. The molecule has 3 fully saturated rings. The van der Waals surface area contributed by atoms with Crippen LogP contribution in [0.2, 0.25) is 5.02 Å². The summed E-state index contributed by atoms with van der Waals surface area (Å²) < 4.78 is 6.13. The van der Waals surface area contributed by atoms with Gasteiger partial charge in [-0.2, -0.15) is 5.10 Å². The van der Waals surface area contributed by atoms with Crippen molar-refractivity contribution in [2.75, 3.05) is 26.7 Å². The number of amides is 1. The number of rotatable bonds is 8. The molecular formula is C24H31ClN4O2. The number of ether oxygens (including phenoxy) is 1. The predicted molar refractivity (Wildman–Crippen MR) is 121 cm³/mol. The third-order valence-corrected chi connectivity index (χ3v) is 7.18. The molecule has 2 aliphatic carbocycles. The fourth-order valence-corrected chi connectivity index (χ4v) is 4.97. The fourth-order valence-electron chi connectivity index (χ4n) is 4.74. The smallest absolute Gasteiger partial charge is 0.274 e. The number of benzene rings is 1. The van der Waals surface area contributed by atoms with Gasteiger partial charge in [0.05, 0.1) is 6.10 Å². The zero-order valence-corrected chi connectivity index (χ0v) is 18.9. The molecule has 2 aromatic rings. The van der Waals surface area contributed by atoms with Crippen LogP contribution in [0.1, 0.15) is 66.2 Å². The van der Waals surface area contributed by atoms with E-state index in [-0.39, 0.29) is 12.0 Å². The van der Waals surface area contributed by atoms with Gasteiger partial charge in [-0.25, -0.2) is 0 Å². The molecule has 166 valence electrons. The Hall–Kier alpha value is -2.05. The highest BCUT2D eigenvalue weighted by Gasteiger charge is 2.33. The average Bonchev–Trinajstić information content (AvgIpc) is 3.23. The number of likely N-dealkylation sites (tertiary alicyclic amines) is 1. The summed E-state index contributed by atoms with van der Waals surface area (Å²) in [5.41, 5.74) is 2.80. The number of aromatic nitrogens is 2. The quantitative estimate of drug-likeness (QED) is 0.655. The van der Waals surface area contributed by atoms with E-state index in [1.807, 2.05) is 25.2 Å². The molecule has 0 atom stereocenters. The normalized spacial score (nSPS) is 23.5. The van der Waals surface area contributed by atoms with Gasteiger partial charge in [0.2, 0.25) is 0 Å². The summed E-state index contributed by atoms with van der Waals surface area (Å²) in [6, 6.07) is 8.00. The lowest BCUT2D eigenvalue weighted by atomic mass is 9.82. The molecule has 1 saturated heterocycles. The maximum Gasteiger partial charge on any atom is 0.274 e. The second-order valence-electron chi connectivity index (χ2n) is 9.48. The molecule has 0 spiro atoms. The van der Waals surface area contributed by atoms with E-state index < -0.39 is 0 Å². The molecule has 2 saturated carbocycles.